The minimum absolute atomic E-state index is 0.134. The molecule has 0 bridgehead atoms. The van der Waals surface area contributed by atoms with Crippen LogP contribution in [0.25, 0.3) is 0 Å². The van der Waals surface area contributed by atoms with Crippen LogP contribution in [-0.4, -0.2) is 49.5 Å². The van der Waals surface area contributed by atoms with Crippen LogP contribution in [0, 0.1) is 13.8 Å². The monoisotopic (exact) mass is 490 g/mol. The van der Waals surface area contributed by atoms with Crippen LogP contribution in [0.5, 0.6) is 5.75 Å². The Labute approximate surface area is 190 Å². The molecule has 0 radical (unpaired) electrons. The number of carbonyl (C=O) groups is 3. The highest BCUT2D eigenvalue weighted by Crippen LogP contribution is 2.19. The first-order chi connectivity index (χ1) is 14.8. The number of aryl methyl sites for hydroxylation is 2. The highest BCUT2D eigenvalue weighted by Gasteiger charge is 2.16. The van der Waals surface area contributed by atoms with Gasteiger partial charge in [0.15, 0.2) is 6.61 Å². The van der Waals surface area contributed by atoms with Gasteiger partial charge in [-0.2, -0.15) is 0 Å². The molecule has 0 heterocycles. The number of benzene rings is 2. The number of anilines is 1. The minimum atomic E-state index is -0.487. The van der Waals surface area contributed by atoms with Crippen molar-refractivity contribution in [3.05, 3.63) is 58.1 Å². The van der Waals surface area contributed by atoms with Gasteiger partial charge in [0, 0.05) is 23.6 Å². The lowest BCUT2D eigenvalue weighted by atomic mass is 10.1. The smallest absolute Gasteiger partial charge is 0.306 e. The molecular formula is C23H27BrN2O5. The third-order valence-corrected chi connectivity index (χ3v) is 4.99. The predicted molar refractivity (Wildman–Crippen MR) is 122 cm³/mol. The third kappa shape index (κ3) is 8.41. The molecule has 0 spiro atoms. The van der Waals surface area contributed by atoms with Crippen LogP contribution in [0.2, 0.25) is 0 Å². The molecule has 0 aromatic heterocycles. The quantitative estimate of drug-likeness (QED) is 0.403. The van der Waals surface area contributed by atoms with Crippen LogP contribution in [0.4, 0.5) is 5.69 Å². The van der Waals surface area contributed by atoms with Crippen molar-refractivity contribution in [2.45, 2.75) is 26.7 Å². The molecule has 0 atom stereocenters. The van der Waals surface area contributed by atoms with Gasteiger partial charge < -0.3 is 19.7 Å². The molecule has 7 nitrogen and oxygen atoms in total. The Bertz CT molecular complexity index is 912. The van der Waals surface area contributed by atoms with Gasteiger partial charge in [0.2, 0.25) is 5.91 Å². The van der Waals surface area contributed by atoms with Gasteiger partial charge in [-0.25, -0.2) is 0 Å². The molecule has 2 rings (SSSR count). The maximum atomic E-state index is 12.3. The van der Waals surface area contributed by atoms with E-state index in [4.69, 9.17) is 9.47 Å². The fourth-order valence-corrected chi connectivity index (χ4v) is 3.16. The number of nitrogens with zero attached hydrogens (tertiary/aromatic N) is 1. The van der Waals surface area contributed by atoms with Crippen molar-refractivity contribution in [3.63, 3.8) is 0 Å². The fourth-order valence-electron chi connectivity index (χ4n) is 2.78. The normalized spacial score (nSPS) is 10.3. The van der Waals surface area contributed by atoms with Gasteiger partial charge in [0.1, 0.15) is 5.75 Å². The van der Waals surface area contributed by atoms with E-state index in [1.807, 2.05) is 56.3 Å². The molecule has 2 aromatic carbocycles. The number of carbonyl (C=O) groups excluding carboxylic acids is 3. The molecule has 0 saturated heterocycles. The lowest BCUT2D eigenvalue weighted by Crippen LogP contribution is -2.37. The highest BCUT2D eigenvalue weighted by atomic mass is 79.9. The Morgan fingerprint density at radius 3 is 2.42 bits per heavy atom. The predicted octanol–water partition coefficient (Wildman–Crippen LogP) is 3.87. The number of para-hydroxylation sites is 1. The first kappa shape index (κ1) is 24.4. The molecular weight excluding hydrogens is 464 g/mol. The van der Waals surface area contributed by atoms with Crippen LogP contribution in [0.3, 0.4) is 0 Å². The minimum Gasteiger partial charge on any atom is -0.494 e. The van der Waals surface area contributed by atoms with Crippen LogP contribution in [-0.2, 0) is 19.1 Å². The molecule has 0 aliphatic heterocycles. The summed E-state index contributed by atoms with van der Waals surface area (Å²) < 4.78 is 11.5. The third-order valence-electron chi connectivity index (χ3n) is 4.50. The van der Waals surface area contributed by atoms with Gasteiger partial charge in [-0.05, 0) is 49.6 Å². The van der Waals surface area contributed by atoms with E-state index in [-0.39, 0.29) is 18.9 Å². The summed E-state index contributed by atoms with van der Waals surface area (Å²) in [5, 5.41) is 2.82. The second-order valence-corrected chi connectivity index (χ2v) is 8.05. The van der Waals surface area contributed by atoms with Crippen molar-refractivity contribution >= 4 is 39.4 Å². The number of esters is 1. The van der Waals surface area contributed by atoms with E-state index in [2.05, 4.69) is 21.2 Å². The summed E-state index contributed by atoms with van der Waals surface area (Å²) in [7, 11) is 1.49. The second-order valence-electron chi connectivity index (χ2n) is 7.13. The first-order valence-corrected chi connectivity index (χ1v) is 10.7. The molecule has 2 amide bonds. The number of hydrogen-bond acceptors (Lipinski definition) is 5. The maximum Gasteiger partial charge on any atom is 0.306 e. The average Bonchev–Trinajstić information content (AvgIpc) is 2.72. The Kier molecular flexibility index (Phi) is 9.52. The topological polar surface area (TPSA) is 84.9 Å². The van der Waals surface area contributed by atoms with E-state index in [0.29, 0.717) is 18.8 Å². The zero-order valence-electron chi connectivity index (χ0n) is 17.9. The Morgan fingerprint density at radius 1 is 1.06 bits per heavy atom. The van der Waals surface area contributed by atoms with Gasteiger partial charge in [0.25, 0.3) is 5.91 Å². The Balaban J connectivity index is 1.66. The van der Waals surface area contributed by atoms with Crippen molar-refractivity contribution in [1.29, 1.82) is 0 Å². The molecule has 8 heteroatoms. The van der Waals surface area contributed by atoms with E-state index in [1.54, 1.807) is 0 Å². The SMILES string of the molecule is Cc1cccc(C)c1NC(=O)CN(C)C(=O)COC(=O)CCCOc1cccc(Br)c1. The largest absolute Gasteiger partial charge is 0.494 e. The van der Waals surface area contributed by atoms with E-state index in [9.17, 15) is 14.4 Å². The zero-order chi connectivity index (χ0) is 22.8. The van der Waals surface area contributed by atoms with Crippen LogP contribution >= 0.6 is 15.9 Å². The number of hydrogen-bond donors (Lipinski definition) is 1. The van der Waals surface area contributed by atoms with E-state index >= 15 is 0 Å². The second kappa shape index (κ2) is 12.1. The summed E-state index contributed by atoms with van der Waals surface area (Å²) in [6, 6.07) is 13.1. The number of likely N-dealkylation sites (N-methyl/N-ethyl adjacent to an activating group) is 1. The van der Waals surface area contributed by atoms with E-state index in [0.717, 1.165) is 21.3 Å². The summed E-state index contributed by atoms with van der Waals surface area (Å²) in [6.07, 6.45) is 0.603. The van der Waals surface area contributed by atoms with Gasteiger partial charge >= 0.3 is 5.97 Å². The van der Waals surface area contributed by atoms with Crippen LogP contribution < -0.4 is 10.1 Å². The number of ether oxygens (including phenoxy) is 2. The molecule has 31 heavy (non-hydrogen) atoms. The first-order valence-electron chi connectivity index (χ1n) is 9.90. The Morgan fingerprint density at radius 2 is 1.74 bits per heavy atom. The molecule has 166 valence electrons. The van der Waals surface area contributed by atoms with Crippen LogP contribution in [0.1, 0.15) is 24.0 Å². The van der Waals surface area contributed by atoms with Crippen molar-refractivity contribution in [1.82, 2.24) is 4.90 Å². The number of halogens is 1. The summed E-state index contributed by atoms with van der Waals surface area (Å²) in [4.78, 5) is 37.5. The fraction of sp³-hybridized carbons (Fsp3) is 0.348. The molecule has 2 aromatic rings. The van der Waals surface area contributed by atoms with Crippen molar-refractivity contribution in [2.75, 3.05) is 32.1 Å². The number of nitrogens with one attached hydrogen (secondary N) is 1. The molecule has 0 unspecified atom stereocenters. The van der Waals surface area contributed by atoms with Gasteiger partial charge in [-0.1, -0.05) is 40.2 Å². The Hall–Kier alpha value is -2.87. The van der Waals surface area contributed by atoms with Gasteiger partial charge in [0.05, 0.1) is 13.2 Å². The molecule has 0 aliphatic carbocycles. The molecule has 0 saturated carbocycles. The molecule has 0 fully saturated rings. The molecule has 0 aliphatic rings. The van der Waals surface area contributed by atoms with Gasteiger partial charge in [-0.15, -0.1) is 0 Å². The zero-order valence-corrected chi connectivity index (χ0v) is 19.5. The number of rotatable bonds is 10. The molecule has 1 N–H and O–H groups in total. The van der Waals surface area contributed by atoms with Gasteiger partial charge in [-0.3, -0.25) is 14.4 Å². The average molecular weight is 491 g/mol. The van der Waals surface area contributed by atoms with E-state index < -0.39 is 18.5 Å². The summed E-state index contributed by atoms with van der Waals surface area (Å²) in [6.45, 7) is 3.63. The van der Waals surface area contributed by atoms with Crippen LogP contribution in [0.15, 0.2) is 46.9 Å². The van der Waals surface area contributed by atoms with E-state index in [1.165, 1.54) is 11.9 Å². The van der Waals surface area contributed by atoms with Crippen molar-refractivity contribution in [3.8, 4) is 5.75 Å². The lowest BCUT2D eigenvalue weighted by molar-refractivity contribution is -0.152. The summed E-state index contributed by atoms with van der Waals surface area (Å²) in [5.41, 5.74) is 2.63. The highest BCUT2D eigenvalue weighted by molar-refractivity contribution is 9.10. The van der Waals surface area contributed by atoms with Crippen molar-refractivity contribution < 1.29 is 23.9 Å². The lowest BCUT2D eigenvalue weighted by Gasteiger charge is -2.18. The summed E-state index contributed by atoms with van der Waals surface area (Å²) in [5.74, 6) is -0.544. The van der Waals surface area contributed by atoms with Crippen molar-refractivity contribution in [2.24, 2.45) is 0 Å². The standard InChI is InChI=1S/C23H27BrN2O5/c1-16-7-4-8-17(2)23(16)25-20(27)14-26(3)21(28)15-31-22(29)11-6-12-30-19-10-5-9-18(24)13-19/h4-5,7-10,13H,6,11-12,14-15H2,1-3H3,(H,25,27). The maximum absolute atomic E-state index is 12.3. The summed E-state index contributed by atoms with van der Waals surface area (Å²) >= 11 is 3.36. The number of amides is 2.